The molecule has 2 aromatic rings. The van der Waals surface area contributed by atoms with Gasteiger partial charge in [0.15, 0.2) is 0 Å². The predicted octanol–water partition coefficient (Wildman–Crippen LogP) is 5.41. The summed E-state index contributed by atoms with van der Waals surface area (Å²) in [7, 11) is 1.03. The first-order valence-corrected chi connectivity index (χ1v) is 13.6. The molecule has 0 spiro atoms. The molecule has 1 aliphatic rings. The van der Waals surface area contributed by atoms with Crippen LogP contribution in [0, 0.1) is 21.8 Å². The van der Waals surface area contributed by atoms with Crippen LogP contribution in [-0.4, -0.2) is 59.7 Å². The average Bonchev–Trinajstić information content (AvgIpc) is 2.83. The number of nitro groups is 1. The van der Waals surface area contributed by atoms with Crippen molar-refractivity contribution in [1.82, 2.24) is 5.32 Å². The summed E-state index contributed by atoms with van der Waals surface area (Å²) in [6.45, 7) is 6.00. The van der Waals surface area contributed by atoms with Crippen molar-refractivity contribution in [3.63, 3.8) is 0 Å². The van der Waals surface area contributed by atoms with Crippen molar-refractivity contribution in [2.45, 2.75) is 63.6 Å². The standard InChI is InChI=1S/C27H34F4N2O5S/c1-26(2,3)19-7-5-6-16(9-19)12-32-21-15-39-14-18(25(21)34)8-17-10-20(28)24(33(35)36)22(11-17)38-23(13-37-4)27(29,30)31/h5-7,9-11,18,21,23,25,32,34H,8,12-15H2,1-4H3/t18?,21?,23-,25?/m1/s1. The lowest BCUT2D eigenvalue weighted by Gasteiger charge is -2.35. The summed E-state index contributed by atoms with van der Waals surface area (Å²) in [6, 6.07) is 9.86. The van der Waals surface area contributed by atoms with E-state index in [-0.39, 0.29) is 29.4 Å². The Balaban J connectivity index is 1.76. The number of nitro benzene ring substituents is 1. The fourth-order valence-corrected chi connectivity index (χ4v) is 5.77. The second kappa shape index (κ2) is 12.8. The number of aliphatic hydroxyl groups is 1. The number of nitrogens with one attached hydrogen (secondary N) is 1. The van der Waals surface area contributed by atoms with Crippen molar-refractivity contribution in [3.8, 4) is 5.75 Å². The van der Waals surface area contributed by atoms with Gasteiger partial charge in [-0.05, 0) is 52.3 Å². The number of aliphatic hydroxyl groups excluding tert-OH is 1. The number of hydrogen-bond acceptors (Lipinski definition) is 7. The van der Waals surface area contributed by atoms with Crippen molar-refractivity contribution < 1.29 is 37.1 Å². The van der Waals surface area contributed by atoms with E-state index in [4.69, 9.17) is 4.74 Å². The van der Waals surface area contributed by atoms with E-state index < -0.39 is 47.2 Å². The van der Waals surface area contributed by atoms with Crippen LogP contribution in [0.2, 0.25) is 0 Å². The summed E-state index contributed by atoms with van der Waals surface area (Å²) >= 11 is 1.59. The van der Waals surface area contributed by atoms with Crippen molar-refractivity contribution in [2.24, 2.45) is 5.92 Å². The van der Waals surface area contributed by atoms with E-state index in [1.165, 1.54) is 5.56 Å². The van der Waals surface area contributed by atoms with Crippen LogP contribution < -0.4 is 10.1 Å². The van der Waals surface area contributed by atoms with E-state index in [2.05, 4.69) is 43.0 Å². The molecule has 7 nitrogen and oxygen atoms in total. The third-order valence-corrected chi connectivity index (χ3v) is 7.87. The van der Waals surface area contributed by atoms with E-state index in [1.807, 2.05) is 12.1 Å². The van der Waals surface area contributed by atoms with Crippen LogP contribution in [0.25, 0.3) is 0 Å². The Kier molecular flexibility index (Phi) is 10.2. The lowest BCUT2D eigenvalue weighted by Crippen LogP contribution is -2.49. The SMILES string of the molecule is COC[C@@H](Oc1cc(CC2CSCC(NCc3cccc(C(C)(C)C)c3)C2O)cc(F)c1[N+](=O)[O-])C(F)(F)F. The molecule has 0 aliphatic carbocycles. The Morgan fingerprint density at radius 2 is 1.90 bits per heavy atom. The van der Waals surface area contributed by atoms with Crippen molar-refractivity contribution >= 4 is 17.4 Å². The lowest BCUT2D eigenvalue weighted by molar-refractivity contribution is -0.389. The molecule has 3 unspecified atom stereocenters. The fourth-order valence-electron chi connectivity index (χ4n) is 4.44. The summed E-state index contributed by atoms with van der Waals surface area (Å²) in [4.78, 5) is 10.3. The number of alkyl halides is 3. The molecule has 0 amide bonds. The number of rotatable bonds is 10. The normalized spacial score (nSPS) is 21.0. The molecule has 1 fully saturated rings. The Hall–Kier alpha value is -2.41. The van der Waals surface area contributed by atoms with Gasteiger partial charge in [0.1, 0.15) is 0 Å². The smallest absolute Gasteiger partial charge is 0.427 e. The monoisotopic (exact) mass is 574 g/mol. The Morgan fingerprint density at radius 1 is 1.18 bits per heavy atom. The first-order valence-electron chi connectivity index (χ1n) is 12.5. The molecule has 2 aromatic carbocycles. The predicted molar refractivity (Wildman–Crippen MR) is 142 cm³/mol. The van der Waals surface area contributed by atoms with Gasteiger partial charge in [0.25, 0.3) is 0 Å². The first-order chi connectivity index (χ1) is 18.2. The largest absolute Gasteiger partial charge is 0.471 e. The van der Waals surface area contributed by atoms with Gasteiger partial charge in [-0.25, -0.2) is 0 Å². The molecule has 216 valence electrons. The van der Waals surface area contributed by atoms with E-state index in [0.29, 0.717) is 18.1 Å². The number of methoxy groups -OCH3 is 1. The van der Waals surface area contributed by atoms with Gasteiger partial charge in [-0.15, -0.1) is 0 Å². The van der Waals surface area contributed by atoms with Crippen molar-refractivity contribution in [3.05, 3.63) is 69.0 Å². The summed E-state index contributed by atoms with van der Waals surface area (Å²) in [6.07, 6.45) is -8.14. The molecular formula is C27H34F4N2O5S. The second-order valence-corrected chi connectivity index (χ2v) is 11.8. The van der Waals surface area contributed by atoms with E-state index in [9.17, 15) is 32.8 Å². The van der Waals surface area contributed by atoms with Gasteiger partial charge >= 0.3 is 11.9 Å². The molecule has 12 heteroatoms. The maximum atomic E-state index is 14.7. The van der Waals surface area contributed by atoms with Crippen molar-refractivity contribution in [1.29, 1.82) is 0 Å². The highest BCUT2D eigenvalue weighted by molar-refractivity contribution is 7.99. The molecule has 3 rings (SSSR count). The zero-order chi connectivity index (χ0) is 29.0. The fraction of sp³-hybridized carbons (Fsp3) is 0.556. The van der Waals surface area contributed by atoms with E-state index in [0.717, 1.165) is 24.8 Å². The zero-order valence-electron chi connectivity index (χ0n) is 22.3. The topological polar surface area (TPSA) is 93.9 Å². The van der Waals surface area contributed by atoms with Gasteiger partial charge in [-0.3, -0.25) is 10.1 Å². The number of benzene rings is 2. The number of hydrogen-bond donors (Lipinski definition) is 2. The minimum atomic E-state index is -4.89. The third-order valence-electron chi connectivity index (χ3n) is 6.61. The maximum Gasteiger partial charge on any atom is 0.427 e. The van der Waals surface area contributed by atoms with Crippen LogP contribution in [-0.2, 0) is 23.1 Å². The molecule has 0 bridgehead atoms. The van der Waals surface area contributed by atoms with Crippen LogP contribution in [0.1, 0.15) is 37.5 Å². The quantitative estimate of drug-likeness (QED) is 0.223. The van der Waals surface area contributed by atoms with Gasteiger partial charge in [-0.1, -0.05) is 45.0 Å². The van der Waals surface area contributed by atoms with Crippen molar-refractivity contribution in [2.75, 3.05) is 25.2 Å². The zero-order valence-corrected chi connectivity index (χ0v) is 23.1. The highest BCUT2D eigenvalue weighted by Crippen LogP contribution is 2.37. The van der Waals surface area contributed by atoms with E-state index in [1.54, 1.807) is 11.8 Å². The first kappa shape index (κ1) is 31.1. The third kappa shape index (κ3) is 8.29. The Bertz CT molecular complexity index is 1140. The van der Waals surface area contributed by atoms with Gasteiger partial charge in [-0.2, -0.15) is 29.3 Å². The number of ether oxygens (including phenoxy) is 2. The molecule has 0 radical (unpaired) electrons. The molecule has 4 atom stereocenters. The number of halogens is 4. The van der Waals surface area contributed by atoms with Crippen LogP contribution in [0.3, 0.4) is 0 Å². The lowest BCUT2D eigenvalue weighted by atomic mass is 9.86. The van der Waals surface area contributed by atoms with Crippen LogP contribution in [0.4, 0.5) is 23.2 Å². The minimum absolute atomic E-state index is 0.00636. The number of thioether (sulfide) groups is 1. The van der Waals surface area contributed by atoms with Gasteiger partial charge < -0.3 is 19.9 Å². The molecule has 0 aromatic heterocycles. The molecule has 1 saturated heterocycles. The minimum Gasteiger partial charge on any atom is -0.471 e. The molecule has 1 aliphatic heterocycles. The Labute approximate surface area is 229 Å². The van der Waals surface area contributed by atoms with Gasteiger partial charge in [0, 0.05) is 25.4 Å². The van der Waals surface area contributed by atoms with Crippen LogP contribution in [0.15, 0.2) is 36.4 Å². The Morgan fingerprint density at radius 3 is 2.51 bits per heavy atom. The average molecular weight is 575 g/mol. The van der Waals surface area contributed by atoms with Gasteiger partial charge in [0.05, 0.1) is 17.6 Å². The molecule has 2 N–H and O–H groups in total. The molecular weight excluding hydrogens is 540 g/mol. The summed E-state index contributed by atoms with van der Waals surface area (Å²) in [5.74, 6) is -1.34. The maximum absolute atomic E-state index is 14.7. The molecule has 1 heterocycles. The summed E-state index contributed by atoms with van der Waals surface area (Å²) < 4.78 is 64.2. The van der Waals surface area contributed by atoms with Crippen LogP contribution >= 0.6 is 11.8 Å². The second-order valence-electron chi connectivity index (χ2n) is 10.7. The highest BCUT2D eigenvalue weighted by atomic mass is 32.2. The summed E-state index contributed by atoms with van der Waals surface area (Å²) in [5, 5.41) is 25.9. The summed E-state index contributed by atoms with van der Waals surface area (Å²) in [5.41, 5.74) is 1.26. The van der Waals surface area contributed by atoms with E-state index >= 15 is 0 Å². The number of nitrogens with zero attached hydrogens (tertiary/aromatic N) is 1. The molecule has 39 heavy (non-hydrogen) atoms. The molecule has 0 saturated carbocycles. The van der Waals surface area contributed by atoms with Crippen LogP contribution in [0.5, 0.6) is 5.75 Å². The highest BCUT2D eigenvalue weighted by Gasteiger charge is 2.43. The van der Waals surface area contributed by atoms with Gasteiger partial charge in [0.2, 0.25) is 17.7 Å².